The third kappa shape index (κ3) is 1.11. The van der Waals surface area contributed by atoms with E-state index in [0.29, 0.717) is 0 Å². The Labute approximate surface area is 101 Å². The zero-order valence-corrected chi connectivity index (χ0v) is 10.6. The van der Waals surface area contributed by atoms with Crippen molar-refractivity contribution in [2.75, 3.05) is 5.75 Å². The molecule has 2 fully saturated rings. The maximum absolute atomic E-state index is 12.1. The molecule has 0 amide bonds. The van der Waals surface area contributed by atoms with Gasteiger partial charge in [0, 0.05) is 10.8 Å². The van der Waals surface area contributed by atoms with Crippen LogP contribution < -0.4 is 0 Å². The van der Waals surface area contributed by atoms with Gasteiger partial charge in [0.15, 0.2) is 9.84 Å². The van der Waals surface area contributed by atoms with Crippen LogP contribution in [0.5, 0.6) is 0 Å². The standard InChI is InChI=1S/C12H15ClO2S/c13-10-12-7-3-1-5-11(12,6-2-4-8-12)9-16(10,14)15/h1,3,5,7,10H,2,4,6,8-9H2/t10-,11-,12+/m0/s1. The van der Waals surface area contributed by atoms with Gasteiger partial charge in [-0.05, 0) is 12.8 Å². The van der Waals surface area contributed by atoms with Crippen molar-refractivity contribution in [1.82, 2.24) is 0 Å². The molecule has 2 aliphatic carbocycles. The van der Waals surface area contributed by atoms with E-state index < -0.39 is 14.5 Å². The van der Waals surface area contributed by atoms with E-state index in [1.807, 2.05) is 18.2 Å². The van der Waals surface area contributed by atoms with Crippen molar-refractivity contribution in [2.24, 2.45) is 10.8 Å². The Morgan fingerprint density at radius 2 is 1.81 bits per heavy atom. The third-order valence-corrected chi connectivity index (χ3v) is 7.66. The molecular weight excluding hydrogens is 244 g/mol. The zero-order chi connectivity index (χ0) is 11.4. The van der Waals surface area contributed by atoms with Gasteiger partial charge >= 0.3 is 0 Å². The molecule has 0 aromatic rings. The zero-order valence-electron chi connectivity index (χ0n) is 9.02. The van der Waals surface area contributed by atoms with Crippen molar-refractivity contribution in [3.05, 3.63) is 24.3 Å². The number of allylic oxidation sites excluding steroid dienone is 4. The third-order valence-electron chi connectivity index (χ3n) is 4.49. The highest BCUT2D eigenvalue weighted by Crippen LogP contribution is 2.63. The van der Waals surface area contributed by atoms with Gasteiger partial charge in [0.25, 0.3) is 0 Å². The van der Waals surface area contributed by atoms with Gasteiger partial charge in [-0.15, -0.1) is 11.6 Å². The van der Waals surface area contributed by atoms with Crippen LogP contribution in [0.1, 0.15) is 25.7 Å². The molecule has 1 saturated heterocycles. The Morgan fingerprint density at radius 3 is 2.56 bits per heavy atom. The Balaban J connectivity index is 2.23. The van der Waals surface area contributed by atoms with Crippen LogP contribution in [0.15, 0.2) is 24.3 Å². The van der Waals surface area contributed by atoms with E-state index in [9.17, 15) is 8.42 Å². The number of rotatable bonds is 0. The fourth-order valence-electron chi connectivity index (χ4n) is 3.72. The van der Waals surface area contributed by atoms with E-state index in [0.717, 1.165) is 25.7 Å². The van der Waals surface area contributed by atoms with Crippen LogP contribution in [-0.2, 0) is 9.84 Å². The summed E-state index contributed by atoms with van der Waals surface area (Å²) in [5.41, 5.74) is -0.550. The van der Waals surface area contributed by atoms with Crippen molar-refractivity contribution in [2.45, 2.75) is 30.4 Å². The van der Waals surface area contributed by atoms with Crippen LogP contribution in [0.3, 0.4) is 0 Å². The van der Waals surface area contributed by atoms with E-state index in [1.54, 1.807) is 0 Å². The number of alkyl halides is 1. The highest BCUT2D eigenvalue weighted by Gasteiger charge is 2.65. The Bertz CT molecular complexity index is 479. The van der Waals surface area contributed by atoms with Gasteiger partial charge in [-0.2, -0.15) is 0 Å². The quantitative estimate of drug-likeness (QED) is 0.626. The van der Waals surface area contributed by atoms with Crippen molar-refractivity contribution < 1.29 is 8.42 Å². The van der Waals surface area contributed by atoms with Gasteiger partial charge in [-0.1, -0.05) is 37.1 Å². The average Bonchev–Trinajstić information content (AvgIpc) is 2.45. The summed E-state index contributed by atoms with van der Waals surface area (Å²) in [6, 6.07) is 0. The molecule has 16 heavy (non-hydrogen) atoms. The summed E-state index contributed by atoms with van der Waals surface area (Å²) in [5.74, 6) is 0.231. The number of sulfone groups is 1. The number of hydrogen-bond acceptors (Lipinski definition) is 2. The molecule has 0 unspecified atom stereocenters. The van der Waals surface area contributed by atoms with Crippen LogP contribution in [0.4, 0.5) is 0 Å². The first-order valence-electron chi connectivity index (χ1n) is 5.75. The average molecular weight is 259 g/mol. The minimum absolute atomic E-state index is 0.217. The van der Waals surface area contributed by atoms with Crippen molar-refractivity contribution in [3.8, 4) is 0 Å². The molecule has 3 rings (SSSR count). The van der Waals surface area contributed by atoms with Crippen LogP contribution in [0, 0.1) is 10.8 Å². The van der Waals surface area contributed by atoms with E-state index in [4.69, 9.17) is 11.6 Å². The molecule has 88 valence electrons. The van der Waals surface area contributed by atoms with Gasteiger partial charge in [-0.3, -0.25) is 0 Å². The SMILES string of the molecule is O=S1(=O)C[C@@]23C=CC=C[C@@]2(CCCC3)[C@H]1Cl. The van der Waals surface area contributed by atoms with E-state index in [-0.39, 0.29) is 16.6 Å². The summed E-state index contributed by atoms with van der Waals surface area (Å²) in [4.78, 5) is 0. The first kappa shape index (κ1) is 10.8. The normalized spacial score (nSPS) is 48.7. The molecule has 0 N–H and O–H groups in total. The topological polar surface area (TPSA) is 34.1 Å². The van der Waals surface area contributed by atoms with Crippen molar-refractivity contribution in [3.63, 3.8) is 0 Å². The van der Waals surface area contributed by atoms with Gasteiger partial charge < -0.3 is 0 Å². The molecule has 0 aromatic carbocycles. The molecule has 1 heterocycles. The lowest BCUT2D eigenvalue weighted by molar-refractivity contribution is 0.122. The molecule has 1 saturated carbocycles. The second-order valence-electron chi connectivity index (χ2n) is 5.25. The molecule has 0 radical (unpaired) electrons. The fourth-order valence-corrected chi connectivity index (χ4v) is 6.75. The van der Waals surface area contributed by atoms with Crippen LogP contribution in [0.25, 0.3) is 0 Å². The lowest BCUT2D eigenvalue weighted by atomic mass is 9.56. The van der Waals surface area contributed by atoms with E-state index >= 15 is 0 Å². The Hall–Kier alpha value is -0.280. The second kappa shape index (κ2) is 3.14. The van der Waals surface area contributed by atoms with Crippen LogP contribution in [0.2, 0.25) is 0 Å². The van der Waals surface area contributed by atoms with Crippen LogP contribution in [-0.4, -0.2) is 18.9 Å². The number of hydrogen-bond donors (Lipinski definition) is 0. The second-order valence-corrected chi connectivity index (χ2v) is 8.03. The van der Waals surface area contributed by atoms with Gasteiger partial charge in [0.05, 0.1) is 5.75 Å². The number of halogens is 1. The van der Waals surface area contributed by atoms with Gasteiger partial charge in [-0.25, -0.2) is 8.42 Å². The summed E-state index contributed by atoms with van der Waals surface area (Å²) in [6.07, 6.45) is 12.1. The predicted octanol–water partition coefficient (Wildman–Crippen LogP) is 2.65. The Kier molecular flexibility index (Phi) is 2.13. The largest absolute Gasteiger partial charge is 0.227 e. The first-order chi connectivity index (χ1) is 7.53. The monoisotopic (exact) mass is 258 g/mol. The summed E-state index contributed by atoms with van der Waals surface area (Å²) in [5, 5.41) is 0. The summed E-state index contributed by atoms with van der Waals surface area (Å²) < 4.78 is 23.4. The Morgan fingerprint density at radius 1 is 1.12 bits per heavy atom. The summed E-state index contributed by atoms with van der Waals surface area (Å²) >= 11 is 6.26. The minimum Gasteiger partial charge on any atom is -0.227 e. The summed E-state index contributed by atoms with van der Waals surface area (Å²) in [6.45, 7) is 0. The smallest absolute Gasteiger partial charge is 0.168 e. The molecule has 2 nitrogen and oxygen atoms in total. The molecule has 3 atom stereocenters. The molecule has 0 spiro atoms. The van der Waals surface area contributed by atoms with Crippen LogP contribution >= 0.6 is 11.6 Å². The molecular formula is C12H15ClO2S. The minimum atomic E-state index is -3.15. The van der Waals surface area contributed by atoms with Gasteiger partial charge in [0.2, 0.25) is 0 Å². The first-order valence-corrected chi connectivity index (χ1v) is 7.90. The lowest BCUT2D eigenvalue weighted by Crippen LogP contribution is -2.44. The molecule has 4 heteroatoms. The maximum Gasteiger partial charge on any atom is 0.168 e. The summed E-state index contributed by atoms with van der Waals surface area (Å²) in [7, 11) is -3.15. The van der Waals surface area contributed by atoms with E-state index in [1.165, 1.54) is 0 Å². The molecule has 1 aliphatic heterocycles. The van der Waals surface area contributed by atoms with Gasteiger partial charge in [0.1, 0.15) is 4.71 Å². The highest BCUT2D eigenvalue weighted by molar-refractivity contribution is 7.93. The molecule has 0 bridgehead atoms. The van der Waals surface area contributed by atoms with Crippen molar-refractivity contribution in [1.29, 1.82) is 0 Å². The molecule has 0 aromatic heterocycles. The highest BCUT2D eigenvalue weighted by atomic mass is 35.5. The predicted molar refractivity (Wildman–Crippen MR) is 65.0 cm³/mol. The molecule has 3 aliphatic rings. The van der Waals surface area contributed by atoms with E-state index in [2.05, 4.69) is 6.08 Å². The lowest BCUT2D eigenvalue weighted by Gasteiger charge is -2.47. The fraction of sp³-hybridized carbons (Fsp3) is 0.667. The maximum atomic E-state index is 12.1. The van der Waals surface area contributed by atoms with Crippen molar-refractivity contribution >= 4 is 21.4 Å².